The van der Waals surface area contributed by atoms with Crippen LogP contribution in [0.1, 0.15) is 11.1 Å². The number of nitrogens with zero attached hydrogens (tertiary/aromatic N) is 1. The number of anilines is 1. The second-order valence-electron chi connectivity index (χ2n) is 5.03. The summed E-state index contributed by atoms with van der Waals surface area (Å²) in [5.74, 6) is -0.221. The van der Waals surface area contributed by atoms with E-state index < -0.39 is 10.0 Å². The molecule has 0 unspecified atom stereocenters. The molecule has 0 aliphatic carbocycles. The Kier molecular flexibility index (Phi) is 5.65. The molecule has 0 aliphatic heterocycles. The average Bonchev–Trinajstić information content (AvgIpc) is 2.55. The minimum Gasteiger partial charge on any atom is -0.325 e. The van der Waals surface area contributed by atoms with E-state index in [-0.39, 0.29) is 17.3 Å². The molecule has 8 heteroatoms. The van der Waals surface area contributed by atoms with Gasteiger partial charge in [0, 0.05) is 12.2 Å². The van der Waals surface area contributed by atoms with Crippen LogP contribution in [0, 0.1) is 11.3 Å². The highest BCUT2D eigenvalue weighted by Crippen LogP contribution is 2.09. The molecule has 124 valence electrons. The molecule has 0 aliphatic rings. The number of amides is 1. The van der Waals surface area contributed by atoms with E-state index in [4.69, 9.17) is 10.4 Å². The minimum atomic E-state index is -3.70. The lowest BCUT2D eigenvalue weighted by Crippen LogP contribution is -2.27. The maximum Gasteiger partial charge on any atom is 0.238 e. The highest BCUT2D eigenvalue weighted by Gasteiger charge is 2.07. The monoisotopic (exact) mass is 344 g/mol. The van der Waals surface area contributed by atoms with Crippen molar-refractivity contribution in [3.05, 3.63) is 59.7 Å². The minimum absolute atomic E-state index is 0.0461. The zero-order chi connectivity index (χ0) is 17.6. The maximum absolute atomic E-state index is 11.8. The predicted octanol–water partition coefficient (Wildman–Crippen LogP) is 0.934. The van der Waals surface area contributed by atoms with Crippen molar-refractivity contribution in [1.29, 1.82) is 5.26 Å². The lowest BCUT2D eigenvalue weighted by molar-refractivity contribution is -0.115. The molecule has 2 aromatic rings. The first-order valence-electron chi connectivity index (χ1n) is 7.01. The Labute approximate surface area is 140 Å². The molecule has 0 saturated carbocycles. The Morgan fingerprint density at radius 3 is 2.25 bits per heavy atom. The molecule has 1 amide bonds. The molecule has 0 radical (unpaired) electrons. The lowest BCUT2D eigenvalue weighted by atomic mass is 10.2. The summed E-state index contributed by atoms with van der Waals surface area (Å²) in [4.78, 5) is 11.9. The van der Waals surface area contributed by atoms with Crippen LogP contribution in [0.3, 0.4) is 0 Å². The van der Waals surface area contributed by atoms with Gasteiger partial charge >= 0.3 is 0 Å². The number of sulfonamides is 1. The van der Waals surface area contributed by atoms with Gasteiger partial charge in [-0.3, -0.25) is 4.79 Å². The first-order valence-corrected chi connectivity index (χ1v) is 8.55. The third-order valence-electron chi connectivity index (χ3n) is 3.16. The number of nitrogens with one attached hydrogen (secondary N) is 2. The van der Waals surface area contributed by atoms with Crippen molar-refractivity contribution < 1.29 is 13.2 Å². The molecule has 0 spiro atoms. The number of hydrogen-bond acceptors (Lipinski definition) is 5. The van der Waals surface area contributed by atoms with Gasteiger partial charge in [-0.05, 0) is 42.0 Å². The summed E-state index contributed by atoms with van der Waals surface area (Å²) in [5, 5.41) is 19.4. The van der Waals surface area contributed by atoms with E-state index in [1.54, 1.807) is 36.4 Å². The van der Waals surface area contributed by atoms with Gasteiger partial charge in [-0.1, -0.05) is 12.1 Å². The summed E-state index contributed by atoms with van der Waals surface area (Å²) < 4.78 is 22.3. The van der Waals surface area contributed by atoms with Crippen molar-refractivity contribution in [3.63, 3.8) is 0 Å². The molecule has 0 atom stereocenters. The molecule has 0 heterocycles. The number of nitriles is 1. The second kappa shape index (κ2) is 7.70. The normalized spacial score (nSPS) is 10.8. The quantitative estimate of drug-likeness (QED) is 0.719. The maximum atomic E-state index is 11.8. The van der Waals surface area contributed by atoms with E-state index in [2.05, 4.69) is 10.6 Å². The molecule has 0 fully saturated rings. The largest absolute Gasteiger partial charge is 0.325 e. The van der Waals surface area contributed by atoms with E-state index in [1.165, 1.54) is 12.1 Å². The molecule has 4 N–H and O–H groups in total. The zero-order valence-electron chi connectivity index (χ0n) is 12.7. The van der Waals surface area contributed by atoms with Gasteiger partial charge in [-0.2, -0.15) is 5.26 Å². The van der Waals surface area contributed by atoms with Gasteiger partial charge in [-0.25, -0.2) is 13.6 Å². The van der Waals surface area contributed by atoms with Crippen molar-refractivity contribution in [1.82, 2.24) is 5.32 Å². The summed E-state index contributed by atoms with van der Waals surface area (Å²) in [6.45, 7) is 0.503. The molecule has 24 heavy (non-hydrogen) atoms. The fourth-order valence-electron chi connectivity index (χ4n) is 1.95. The first-order chi connectivity index (χ1) is 11.4. The third-order valence-corrected chi connectivity index (χ3v) is 4.09. The molecule has 2 rings (SSSR count). The van der Waals surface area contributed by atoms with Gasteiger partial charge < -0.3 is 10.6 Å². The lowest BCUT2D eigenvalue weighted by Gasteiger charge is -2.07. The predicted molar refractivity (Wildman–Crippen MR) is 89.3 cm³/mol. The Hall–Kier alpha value is -2.73. The fraction of sp³-hybridized carbons (Fsp3) is 0.125. The number of primary sulfonamides is 1. The molecule has 7 nitrogen and oxygen atoms in total. The Morgan fingerprint density at radius 2 is 1.71 bits per heavy atom. The summed E-state index contributed by atoms with van der Waals surface area (Å²) in [7, 11) is -3.70. The summed E-state index contributed by atoms with van der Waals surface area (Å²) in [5.41, 5.74) is 1.96. The Bertz CT molecular complexity index is 854. The van der Waals surface area contributed by atoms with Crippen LogP contribution in [0.15, 0.2) is 53.4 Å². The Balaban J connectivity index is 1.81. The van der Waals surface area contributed by atoms with Crippen molar-refractivity contribution >= 4 is 21.6 Å². The Morgan fingerprint density at radius 1 is 1.08 bits per heavy atom. The molecular formula is C16H16N4O3S. The van der Waals surface area contributed by atoms with Gasteiger partial charge in [0.15, 0.2) is 0 Å². The van der Waals surface area contributed by atoms with Crippen molar-refractivity contribution in [3.8, 4) is 6.07 Å². The smallest absolute Gasteiger partial charge is 0.238 e. The van der Waals surface area contributed by atoms with Crippen molar-refractivity contribution in [2.75, 3.05) is 11.9 Å². The van der Waals surface area contributed by atoms with Crippen molar-refractivity contribution in [2.24, 2.45) is 5.14 Å². The number of nitrogens with two attached hydrogens (primary N) is 1. The number of rotatable bonds is 6. The number of hydrogen-bond donors (Lipinski definition) is 3. The van der Waals surface area contributed by atoms with Crippen LogP contribution >= 0.6 is 0 Å². The highest BCUT2D eigenvalue weighted by atomic mass is 32.2. The summed E-state index contributed by atoms with van der Waals surface area (Å²) in [6.07, 6.45) is 0. The van der Waals surface area contributed by atoms with Gasteiger partial charge in [0.2, 0.25) is 15.9 Å². The number of carbonyl (C=O) groups is 1. The van der Waals surface area contributed by atoms with E-state index in [9.17, 15) is 13.2 Å². The van der Waals surface area contributed by atoms with E-state index in [0.717, 1.165) is 5.56 Å². The fourth-order valence-corrected chi connectivity index (χ4v) is 2.47. The SMILES string of the molecule is N#Cc1ccc(NC(=O)CNCc2ccc(S(N)(=O)=O)cc2)cc1. The van der Waals surface area contributed by atoms with Crippen LogP contribution < -0.4 is 15.8 Å². The van der Waals surface area contributed by atoms with Crippen LogP contribution in [0.25, 0.3) is 0 Å². The van der Waals surface area contributed by atoms with E-state index in [0.29, 0.717) is 17.8 Å². The highest BCUT2D eigenvalue weighted by molar-refractivity contribution is 7.89. The standard InChI is InChI=1S/C16H16N4O3S/c17-9-12-1-5-14(6-2-12)20-16(21)11-19-10-13-3-7-15(8-4-13)24(18,22)23/h1-8,19H,10-11H2,(H,20,21)(H2,18,22,23). The molecule has 2 aromatic carbocycles. The summed E-state index contributed by atoms with van der Waals surface area (Å²) >= 11 is 0. The van der Waals surface area contributed by atoms with E-state index in [1.807, 2.05) is 6.07 Å². The molecular weight excluding hydrogens is 328 g/mol. The molecule has 0 saturated heterocycles. The van der Waals surface area contributed by atoms with Gasteiger partial charge in [0.1, 0.15) is 0 Å². The van der Waals surface area contributed by atoms with Crippen LogP contribution in [0.4, 0.5) is 5.69 Å². The van der Waals surface area contributed by atoms with Crippen LogP contribution in [-0.4, -0.2) is 20.9 Å². The first kappa shape index (κ1) is 17.6. The van der Waals surface area contributed by atoms with Crippen molar-refractivity contribution in [2.45, 2.75) is 11.4 Å². The second-order valence-corrected chi connectivity index (χ2v) is 6.59. The van der Waals surface area contributed by atoms with Gasteiger partial charge in [-0.15, -0.1) is 0 Å². The van der Waals surface area contributed by atoms with Gasteiger partial charge in [0.05, 0.1) is 23.1 Å². The molecule has 0 bridgehead atoms. The van der Waals surface area contributed by atoms with E-state index >= 15 is 0 Å². The third kappa shape index (κ3) is 5.17. The van der Waals surface area contributed by atoms with Crippen LogP contribution in [0.5, 0.6) is 0 Å². The zero-order valence-corrected chi connectivity index (χ0v) is 13.5. The van der Waals surface area contributed by atoms with Crippen LogP contribution in [-0.2, 0) is 21.4 Å². The number of carbonyl (C=O) groups excluding carboxylic acids is 1. The van der Waals surface area contributed by atoms with Crippen LogP contribution in [0.2, 0.25) is 0 Å². The average molecular weight is 344 g/mol. The van der Waals surface area contributed by atoms with Gasteiger partial charge in [0.25, 0.3) is 0 Å². The number of benzene rings is 2. The topological polar surface area (TPSA) is 125 Å². The summed E-state index contributed by atoms with van der Waals surface area (Å²) in [6, 6.07) is 14.7. The molecule has 0 aromatic heterocycles.